The summed E-state index contributed by atoms with van der Waals surface area (Å²) in [5.41, 5.74) is 1.28. The van der Waals surface area contributed by atoms with Crippen molar-refractivity contribution in [3.63, 3.8) is 0 Å². The Morgan fingerprint density at radius 3 is 3.00 bits per heavy atom. The highest BCUT2D eigenvalue weighted by molar-refractivity contribution is 7.99. The molecule has 2 heteroatoms. The molecule has 0 aliphatic carbocycles. The summed E-state index contributed by atoms with van der Waals surface area (Å²) in [7, 11) is 0. The minimum atomic E-state index is 0.389. The lowest BCUT2D eigenvalue weighted by Gasteiger charge is -2.18. The van der Waals surface area contributed by atoms with Gasteiger partial charge in [0.1, 0.15) is 5.75 Å². The first kappa shape index (κ1) is 9.91. The molecule has 0 spiro atoms. The van der Waals surface area contributed by atoms with E-state index in [-0.39, 0.29) is 0 Å². The van der Waals surface area contributed by atoms with Crippen LogP contribution in [0.25, 0.3) is 0 Å². The Balaban J connectivity index is 2.13. The van der Waals surface area contributed by atoms with Crippen molar-refractivity contribution in [2.45, 2.75) is 19.3 Å². The summed E-state index contributed by atoms with van der Waals surface area (Å²) < 4.78 is 0. The molecule has 0 aromatic heterocycles. The van der Waals surface area contributed by atoms with E-state index in [0.717, 1.165) is 5.92 Å². The van der Waals surface area contributed by atoms with E-state index in [1.807, 2.05) is 23.9 Å². The lowest BCUT2D eigenvalue weighted by atomic mass is 9.87. The van der Waals surface area contributed by atoms with Gasteiger partial charge < -0.3 is 5.11 Å². The molecule has 14 heavy (non-hydrogen) atoms. The van der Waals surface area contributed by atoms with Crippen LogP contribution in [0.2, 0.25) is 0 Å². The Morgan fingerprint density at radius 2 is 2.36 bits per heavy atom. The smallest absolute Gasteiger partial charge is 0.115 e. The molecule has 76 valence electrons. The lowest BCUT2D eigenvalue weighted by Crippen LogP contribution is -2.08. The summed E-state index contributed by atoms with van der Waals surface area (Å²) in [4.78, 5) is 0. The van der Waals surface area contributed by atoms with Crippen LogP contribution in [-0.2, 0) is 0 Å². The molecule has 1 nitrogen and oxygen atoms in total. The third-order valence-corrected chi connectivity index (χ3v) is 4.26. The minimum absolute atomic E-state index is 0.389. The SMILES string of the molecule is CC(c1cccc(O)c1)C1CCSC1. The predicted octanol–water partition coefficient (Wildman–Crippen LogP) is 3.25. The summed E-state index contributed by atoms with van der Waals surface area (Å²) >= 11 is 2.05. The Hall–Kier alpha value is -0.630. The molecule has 1 fully saturated rings. The number of aromatic hydroxyl groups is 1. The maximum atomic E-state index is 9.40. The second-order valence-corrected chi connectivity index (χ2v) is 5.16. The van der Waals surface area contributed by atoms with Gasteiger partial charge in [-0.15, -0.1) is 0 Å². The zero-order valence-electron chi connectivity index (χ0n) is 8.44. The first-order valence-electron chi connectivity index (χ1n) is 5.14. The molecular weight excluding hydrogens is 192 g/mol. The zero-order chi connectivity index (χ0) is 9.97. The highest BCUT2D eigenvalue weighted by Crippen LogP contribution is 2.36. The number of rotatable bonds is 2. The topological polar surface area (TPSA) is 20.2 Å². The monoisotopic (exact) mass is 208 g/mol. The second-order valence-electron chi connectivity index (χ2n) is 4.01. The molecule has 1 aliphatic rings. The van der Waals surface area contributed by atoms with E-state index >= 15 is 0 Å². The molecule has 1 aliphatic heterocycles. The fourth-order valence-electron chi connectivity index (χ4n) is 2.03. The van der Waals surface area contributed by atoms with Crippen LogP contribution >= 0.6 is 11.8 Å². The molecule has 1 aromatic carbocycles. The summed E-state index contributed by atoms with van der Waals surface area (Å²) in [5.74, 6) is 4.34. The molecule has 0 radical (unpaired) electrons. The Morgan fingerprint density at radius 1 is 1.50 bits per heavy atom. The van der Waals surface area contributed by atoms with Gasteiger partial charge >= 0.3 is 0 Å². The molecule has 2 atom stereocenters. The fourth-order valence-corrected chi connectivity index (χ4v) is 3.42. The summed E-state index contributed by atoms with van der Waals surface area (Å²) in [6.45, 7) is 2.27. The maximum Gasteiger partial charge on any atom is 0.115 e. The summed E-state index contributed by atoms with van der Waals surface area (Å²) in [6.07, 6.45) is 1.32. The van der Waals surface area contributed by atoms with Crippen LogP contribution in [0, 0.1) is 5.92 Å². The average Bonchev–Trinajstić information content (AvgIpc) is 2.69. The third kappa shape index (κ3) is 2.06. The highest BCUT2D eigenvalue weighted by atomic mass is 32.2. The van der Waals surface area contributed by atoms with Gasteiger partial charge in [-0.25, -0.2) is 0 Å². The van der Waals surface area contributed by atoms with E-state index in [4.69, 9.17) is 0 Å². The third-order valence-electron chi connectivity index (χ3n) is 3.07. The van der Waals surface area contributed by atoms with E-state index in [2.05, 4.69) is 13.0 Å². The van der Waals surface area contributed by atoms with Crippen LogP contribution in [0.4, 0.5) is 0 Å². The largest absolute Gasteiger partial charge is 0.508 e. The van der Waals surface area contributed by atoms with Crippen molar-refractivity contribution in [3.05, 3.63) is 29.8 Å². The van der Waals surface area contributed by atoms with E-state index in [9.17, 15) is 5.11 Å². The van der Waals surface area contributed by atoms with Crippen molar-refractivity contribution in [2.75, 3.05) is 11.5 Å². The number of phenols is 1. The molecule has 1 N–H and O–H groups in total. The molecule has 1 aromatic rings. The van der Waals surface area contributed by atoms with Crippen LogP contribution in [0.3, 0.4) is 0 Å². The van der Waals surface area contributed by atoms with Crippen LogP contribution in [0.1, 0.15) is 24.8 Å². The van der Waals surface area contributed by atoms with Crippen molar-refractivity contribution in [1.29, 1.82) is 0 Å². The highest BCUT2D eigenvalue weighted by Gasteiger charge is 2.23. The van der Waals surface area contributed by atoms with Crippen molar-refractivity contribution in [2.24, 2.45) is 5.92 Å². The molecule has 0 bridgehead atoms. The summed E-state index contributed by atoms with van der Waals surface area (Å²) in [6, 6.07) is 7.68. The number of benzene rings is 1. The molecular formula is C12H16OS. The van der Waals surface area contributed by atoms with Gasteiger partial charge in [0.2, 0.25) is 0 Å². The van der Waals surface area contributed by atoms with Crippen LogP contribution in [0.5, 0.6) is 5.75 Å². The van der Waals surface area contributed by atoms with E-state index in [0.29, 0.717) is 11.7 Å². The molecule has 0 saturated carbocycles. The quantitative estimate of drug-likeness (QED) is 0.805. The van der Waals surface area contributed by atoms with Gasteiger partial charge in [-0.2, -0.15) is 11.8 Å². The maximum absolute atomic E-state index is 9.40. The van der Waals surface area contributed by atoms with Gasteiger partial charge in [0.05, 0.1) is 0 Å². The number of phenolic OH excluding ortho intramolecular Hbond substituents is 1. The molecule has 2 rings (SSSR count). The van der Waals surface area contributed by atoms with Crippen molar-refractivity contribution >= 4 is 11.8 Å². The van der Waals surface area contributed by atoms with Crippen molar-refractivity contribution in [1.82, 2.24) is 0 Å². The van der Waals surface area contributed by atoms with Gasteiger partial charge in [-0.05, 0) is 47.5 Å². The Labute approximate surface area is 89.5 Å². The van der Waals surface area contributed by atoms with Crippen LogP contribution < -0.4 is 0 Å². The predicted molar refractivity (Wildman–Crippen MR) is 62.0 cm³/mol. The molecule has 1 heterocycles. The normalized spacial score (nSPS) is 23.6. The van der Waals surface area contributed by atoms with Crippen LogP contribution in [-0.4, -0.2) is 16.6 Å². The fraction of sp³-hybridized carbons (Fsp3) is 0.500. The molecule has 2 unspecified atom stereocenters. The first-order chi connectivity index (χ1) is 6.77. The van der Waals surface area contributed by atoms with Gasteiger partial charge in [0.25, 0.3) is 0 Å². The van der Waals surface area contributed by atoms with Crippen molar-refractivity contribution in [3.8, 4) is 5.75 Å². The number of thioether (sulfide) groups is 1. The lowest BCUT2D eigenvalue weighted by molar-refractivity contribution is 0.467. The minimum Gasteiger partial charge on any atom is -0.508 e. The second kappa shape index (κ2) is 4.26. The van der Waals surface area contributed by atoms with Gasteiger partial charge in [-0.3, -0.25) is 0 Å². The van der Waals surface area contributed by atoms with E-state index in [1.54, 1.807) is 6.07 Å². The molecule has 0 amide bonds. The zero-order valence-corrected chi connectivity index (χ0v) is 9.26. The summed E-state index contributed by atoms with van der Waals surface area (Å²) in [5, 5.41) is 9.40. The van der Waals surface area contributed by atoms with Crippen molar-refractivity contribution < 1.29 is 5.11 Å². The van der Waals surface area contributed by atoms with Crippen LogP contribution in [0.15, 0.2) is 24.3 Å². The number of hydrogen-bond donors (Lipinski definition) is 1. The number of hydrogen-bond acceptors (Lipinski definition) is 2. The molecule has 1 saturated heterocycles. The van der Waals surface area contributed by atoms with E-state index < -0.39 is 0 Å². The average molecular weight is 208 g/mol. The van der Waals surface area contributed by atoms with Gasteiger partial charge in [-0.1, -0.05) is 19.1 Å². The Bertz CT molecular complexity index is 305. The first-order valence-corrected chi connectivity index (χ1v) is 6.29. The Kier molecular flexibility index (Phi) is 3.02. The standard InChI is InChI=1S/C12H16OS/c1-9(11-5-6-14-8-11)10-3-2-4-12(13)7-10/h2-4,7,9,11,13H,5-6,8H2,1H3. The van der Waals surface area contributed by atoms with E-state index in [1.165, 1.54) is 23.5 Å². The van der Waals surface area contributed by atoms with Gasteiger partial charge in [0, 0.05) is 0 Å². The van der Waals surface area contributed by atoms with Gasteiger partial charge in [0.15, 0.2) is 0 Å².